The van der Waals surface area contributed by atoms with Gasteiger partial charge in [0.05, 0.1) is 12.1 Å². The Balaban J connectivity index is 1.56. The van der Waals surface area contributed by atoms with E-state index in [9.17, 15) is 13.6 Å². The minimum Gasteiger partial charge on any atom is -0.486 e. The molecule has 1 amide bonds. The summed E-state index contributed by atoms with van der Waals surface area (Å²) in [5.74, 6) is -1.43. The van der Waals surface area contributed by atoms with E-state index in [2.05, 4.69) is 10.3 Å². The van der Waals surface area contributed by atoms with Gasteiger partial charge in [-0.1, -0.05) is 23.8 Å². The zero-order valence-corrected chi connectivity index (χ0v) is 14.8. The van der Waals surface area contributed by atoms with Crippen LogP contribution in [-0.4, -0.2) is 10.9 Å². The number of nitrogens with one attached hydrogen (secondary N) is 1. The van der Waals surface area contributed by atoms with Crippen molar-refractivity contribution in [3.8, 4) is 5.75 Å². The lowest BCUT2D eigenvalue weighted by molar-refractivity contribution is -0.115. The summed E-state index contributed by atoms with van der Waals surface area (Å²) in [6.07, 6.45) is -0.0746. The van der Waals surface area contributed by atoms with Gasteiger partial charge in [0, 0.05) is 5.38 Å². The number of thiazole rings is 1. The van der Waals surface area contributed by atoms with Crippen LogP contribution in [0.1, 0.15) is 16.3 Å². The van der Waals surface area contributed by atoms with Crippen molar-refractivity contribution >= 4 is 22.9 Å². The second kappa shape index (κ2) is 8.05. The Bertz CT molecular complexity index is 890. The fourth-order valence-electron chi connectivity index (χ4n) is 2.24. The van der Waals surface area contributed by atoms with Gasteiger partial charge in [0.1, 0.15) is 34.7 Å². The standard InChI is InChI=1S/C19H16F2N2O2S/c1-12-5-7-14(8-6-12)25-10-18-22-13(11-26-18)9-17(24)23-19-15(20)3-2-4-16(19)21/h2-8,11H,9-10H2,1H3,(H,23,24). The summed E-state index contributed by atoms with van der Waals surface area (Å²) in [5.41, 5.74) is 1.22. The van der Waals surface area contributed by atoms with Gasteiger partial charge >= 0.3 is 0 Å². The monoisotopic (exact) mass is 374 g/mol. The highest BCUT2D eigenvalue weighted by molar-refractivity contribution is 7.09. The first-order chi connectivity index (χ1) is 12.5. The molecule has 0 atom stereocenters. The number of amides is 1. The predicted molar refractivity (Wildman–Crippen MR) is 96.3 cm³/mol. The molecule has 0 aliphatic rings. The fourth-order valence-corrected chi connectivity index (χ4v) is 2.95. The van der Waals surface area contributed by atoms with Crippen LogP contribution in [0.4, 0.5) is 14.5 Å². The lowest BCUT2D eigenvalue weighted by Crippen LogP contribution is -2.16. The number of halogens is 2. The van der Waals surface area contributed by atoms with Crippen molar-refractivity contribution in [1.82, 2.24) is 4.98 Å². The molecular formula is C19H16F2N2O2S. The van der Waals surface area contributed by atoms with Gasteiger partial charge in [-0.2, -0.15) is 0 Å². The fraction of sp³-hybridized carbons (Fsp3) is 0.158. The van der Waals surface area contributed by atoms with E-state index < -0.39 is 23.2 Å². The van der Waals surface area contributed by atoms with E-state index in [1.54, 1.807) is 5.38 Å². The summed E-state index contributed by atoms with van der Waals surface area (Å²) < 4.78 is 32.8. The molecule has 4 nitrogen and oxygen atoms in total. The number of anilines is 1. The normalized spacial score (nSPS) is 10.6. The number of aryl methyl sites for hydroxylation is 1. The molecule has 0 saturated carbocycles. The molecule has 3 aromatic rings. The van der Waals surface area contributed by atoms with E-state index in [0.29, 0.717) is 10.7 Å². The van der Waals surface area contributed by atoms with Crippen LogP contribution in [0.15, 0.2) is 47.8 Å². The van der Waals surface area contributed by atoms with E-state index in [1.165, 1.54) is 17.4 Å². The maximum Gasteiger partial charge on any atom is 0.230 e. The number of carbonyl (C=O) groups is 1. The van der Waals surface area contributed by atoms with Crippen LogP contribution in [0.2, 0.25) is 0 Å². The van der Waals surface area contributed by atoms with Gasteiger partial charge < -0.3 is 10.1 Å². The Morgan fingerprint density at radius 1 is 1.15 bits per heavy atom. The van der Waals surface area contributed by atoms with Crippen molar-refractivity contribution in [2.45, 2.75) is 20.0 Å². The SMILES string of the molecule is Cc1ccc(OCc2nc(CC(=O)Nc3c(F)cccc3F)cs2)cc1. The van der Waals surface area contributed by atoms with Crippen LogP contribution in [0.25, 0.3) is 0 Å². The lowest BCUT2D eigenvalue weighted by Gasteiger charge is -2.06. The van der Waals surface area contributed by atoms with Crippen molar-refractivity contribution in [3.05, 3.63) is 75.7 Å². The van der Waals surface area contributed by atoms with Crippen molar-refractivity contribution in [2.75, 3.05) is 5.32 Å². The minimum absolute atomic E-state index is 0.0746. The predicted octanol–water partition coefficient (Wildman–Crippen LogP) is 4.49. The third-order valence-electron chi connectivity index (χ3n) is 3.55. The zero-order chi connectivity index (χ0) is 18.5. The van der Waals surface area contributed by atoms with Gasteiger partial charge in [0.2, 0.25) is 5.91 Å². The molecular weight excluding hydrogens is 358 g/mol. The first-order valence-corrected chi connectivity index (χ1v) is 8.76. The van der Waals surface area contributed by atoms with Gasteiger partial charge in [0.25, 0.3) is 0 Å². The van der Waals surface area contributed by atoms with E-state index in [1.807, 2.05) is 31.2 Å². The second-order valence-corrected chi connectivity index (χ2v) is 6.60. The zero-order valence-electron chi connectivity index (χ0n) is 14.0. The van der Waals surface area contributed by atoms with Gasteiger partial charge in [-0.05, 0) is 31.2 Å². The van der Waals surface area contributed by atoms with E-state index in [-0.39, 0.29) is 13.0 Å². The van der Waals surface area contributed by atoms with Crippen LogP contribution < -0.4 is 10.1 Å². The third-order valence-corrected chi connectivity index (χ3v) is 4.42. The molecule has 0 fully saturated rings. The number of benzene rings is 2. The van der Waals surface area contributed by atoms with Gasteiger partial charge in [-0.15, -0.1) is 11.3 Å². The van der Waals surface area contributed by atoms with E-state index >= 15 is 0 Å². The van der Waals surface area contributed by atoms with Crippen LogP contribution in [-0.2, 0) is 17.8 Å². The average molecular weight is 374 g/mol. The molecule has 1 N–H and O–H groups in total. The number of rotatable bonds is 6. The Hall–Kier alpha value is -2.80. The molecule has 3 rings (SSSR count). The van der Waals surface area contributed by atoms with Crippen LogP contribution in [0.5, 0.6) is 5.75 Å². The summed E-state index contributed by atoms with van der Waals surface area (Å²) in [5, 5.41) is 4.68. The molecule has 1 heterocycles. The minimum atomic E-state index is -0.816. The molecule has 0 aliphatic carbocycles. The number of hydrogen-bond donors (Lipinski definition) is 1. The highest BCUT2D eigenvalue weighted by Crippen LogP contribution is 2.19. The topological polar surface area (TPSA) is 51.2 Å². The van der Waals surface area contributed by atoms with Crippen LogP contribution in [0.3, 0.4) is 0 Å². The Morgan fingerprint density at radius 3 is 2.54 bits per heavy atom. The molecule has 0 unspecified atom stereocenters. The summed E-state index contributed by atoms with van der Waals surface area (Å²) in [4.78, 5) is 16.3. The quantitative estimate of drug-likeness (QED) is 0.692. The summed E-state index contributed by atoms with van der Waals surface area (Å²) >= 11 is 1.36. The lowest BCUT2D eigenvalue weighted by atomic mass is 10.2. The maximum absolute atomic E-state index is 13.6. The van der Waals surface area contributed by atoms with Crippen LogP contribution >= 0.6 is 11.3 Å². The number of nitrogens with zero attached hydrogens (tertiary/aromatic N) is 1. The first-order valence-electron chi connectivity index (χ1n) is 7.88. The van der Waals surface area contributed by atoms with Gasteiger partial charge in [-0.3, -0.25) is 4.79 Å². The molecule has 7 heteroatoms. The van der Waals surface area contributed by atoms with Crippen LogP contribution in [0, 0.1) is 18.6 Å². The Labute approximate surface area is 153 Å². The molecule has 0 radical (unpaired) electrons. The smallest absolute Gasteiger partial charge is 0.230 e. The summed E-state index contributed by atoms with van der Waals surface area (Å²) in [7, 11) is 0. The number of ether oxygens (including phenoxy) is 1. The largest absolute Gasteiger partial charge is 0.486 e. The number of aromatic nitrogens is 1. The highest BCUT2D eigenvalue weighted by Gasteiger charge is 2.14. The Kier molecular flexibility index (Phi) is 5.58. The molecule has 134 valence electrons. The molecule has 0 saturated heterocycles. The van der Waals surface area contributed by atoms with Crippen molar-refractivity contribution in [1.29, 1.82) is 0 Å². The summed E-state index contributed by atoms with van der Waals surface area (Å²) in [6.45, 7) is 2.28. The molecule has 0 aliphatic heterocycles. The van der Waals surface area contributed by atoms with Gasteiger partial charge in [0.15, 0.2) is 0 Å². The molecule has 0 bridgehead atoms. The summed E-state index contributed by atoms with van der Waals surface area (Å²) in [6, 6.07) is 11.1. The number of hydrogen-bond acceptors (Lipinski definition) is 4. The van der Waals surface area contributed by atoms with Crippen molar-refractivity contribution in [2.24, 2.45) is 0 Å². The Morgan fingerprint density at radius 2 is 1.85 bits per heavy atom. The molecule has 26 heavy (non-hydrogen) atoms. The first kappa shape index (κ1) is 18.0. The van der Waals surface area contributed by atoms with Crippen molar-refractivity contribution < 1.29 is 18.3 Å². The van der Waals surface area contributed by atoms with E-state index in [4.69, 9.17) is 4.74 Å². The second-order valence-electron chi connectivity index (χ2n) is 5.66. The number of para-hydroxylation sites is 1. The molecule has 2 aromatic carbocycles. The highest BCUT2D eigenvalue weighted by atomic mass is 32.1. The molecule has 1 aromatic heterocycles. The molecule has 0 spiro atoms. The average Bonchev–Trinajstić information content (AvgIpc) is 3.05. The van der Waals surface area contributed by atoms with Crippen molar-refractivity contribution in [3.63, 3.8) is 0 Å². The number of carbonyl (C=O) groups excluding carboxylic acids is 1. The van der Waals surface area contributed by atoms with E-state index in [0.717, 1.165) is 23.4 Å². The third kappa shape index (κ3) is 4.64. The van der Waals surface area contributed by atoms with Gasteiger partial charge in [-0.25, -0.2) is 13.8 Å². The maximum atomic E-state index is 13.6.